The molecule has 1 rings (SSSR count). The first-order valence-corrected chi connectivity index (χ1v) is 4.31. The molecular weight excluding hydrogens is 273 g/mol. The molecule has 0 aromatic carbocycles. The summed E-state index contributed by atoms with van der Waals surface area (Å²) in [5.74, 6) is -1.08. The zero-order valence-electron chi connectivity index (χ0n) is 7.76. The average molecular weight is 276 g/mol. The Hall–Kier alpha value is -1.44. The van der Waals surface area contributed by atoms with E-state index in [1.165, 1.54) is 0 Å². The van der Waals surface area contributed by atoms with Crippen molar-refractivity contribution in [1.29, 1.82) is 0 Å². The number of pyridine rings is 1. The maximum absolute atomic E-state index is 12.5. The van der Waals surface area contributed by atoms with Gasteiger partial charge in [0, 0.05) is 0 Å². The van der Waals surface area contributed by atoms with Crippen molar-refractivity contribution < 1.29 is 31.5 Å². The van der Waals surface area contributed by atoms with E-state index in [2.05, 4.69) is 9.72 Å². The number of aromatic nitrogens is 1. The first-order chi connectivity index (χ1) is 7.76. The summed E-state index contributed by atoms with van der Waals surface area (Å²) in [5.41, 5.74) is -1.83. The Kier molecular flexibility index (Phi) is 3.87. The Balaban J connectivity index is 3.28. The predicted molar refractivity (Wildman–Crippen MR) is 46.3 cm³/mol. The normalized spacial score (nSPS) is 11.7. The van der Waals surface area contributed by atoms with Gasteiger partial charge in [0.05, 0.1) is 16.8 Å². The molecule has 9 heteroatoms. The number of hydrogen-bond donors (Lipinski definition) is 0. The molecule has 94 valence electrons. The molecule has 0 bridgehead atoms. The monoisotopic (exact) mass is 275 g/mol. The number of hydrogen-bond acceptors (Lipinski definition) is 3. The molecule has 0 amide bonds. The Bertz CT molecular complexity index is 435. The van der Waals surface area contributed by atoms with E-state index in [-0.39, 0.29) is 6.29 Å². The Labute approximate surface area is 96.2 Å². The molecule has 0 spiro atoms. The van der Waals surface area contributed by atoms with Gasteiger partial charge in [-0.25, -0.2) is 13.8 Å². The summed E-state index contributed by atoms with van der Waals surface area (Å²) in [6.45, 7) is 0. The summed E-state index contributed by atoms with van der Waals surface area (Å²) in [6.07, 6.45) is -7.92. The molecule has 3 nitrogen and oxygen atoms in total. The number of carbonyl (C=O) groups excluding carboxylic acids is 1. The van der Waals surface area contributed by atoms with Gasteiger partial charge < -0.3 is 4.74 Å². The van der Waals surface area contributed by atoms with Gasteiger partial charge in [0.25, 0.3) is 6.43 Å². The van der Waals surface area contributed by atoms with Crippen LogP contribution in [-0.4, -0.2) is 17.6 Å². The van der Waals surface area contributed by atoms with Crippen molar-refractivity contribution in [2.75, 3.05) is 0 Å². The van der Waals surface area contributed by atoms with Crippen molar-refractivity contribution in [3.8, 4) is 5.75 Å². The van der Waals surface area contributed by atoms with Crippen LogP contribution in [0.3, 0.4) is 0 Å². The van der Waals surface area contributed by atoms with Crippen molar-refractivity contribution in [1.82, 2.24) is 4.98 Å². The maximum atomic E-state index is 12.5. The lowest BCUT2D eigenvalue weighted by atomic mass is 10.2. The van der Waals surface area contributed by atoms with Gasteiger partial charge in [0.1, 0.15) is 5.69 Å². The summed E-state index contributed by atoms with van der Waals surface area (Å²) < 4.78 is 63.9. The van der Waals surface area contributed by atoms with Crippen LogP contribution in [-0.2, 0) is 0 Å². The van der Waals surface area contributed by atoms with E-state index < -0.39 is 34.8 Å². The highest BCUT2D eigenvalue weighted by atomic mass is 35.5. The summed E-state index contributed by atoms with van der Waals surface area (Å²) in [5, 5.41) is -0.991. The van der Waals surface area contributed by atoms with E-state index in [1.807, 2.05) is 0 Å². The summed E-state index contributed by atoms with van der Waals surface area (Å²) in [7, 11) is 0. The van der Waals surface area contributed by atoms with Gasteiger partial charge in [-0.2, -0.15) is 0 Å². The van der Waals surface area contributed by atoms with Crippen molar-refractivity contribution in [2.24, 2.45) is 0 Å². The van der Waals surface area contributed by atoms with Crippen LogP contribution in [0.2, 0.25) is 5.02 Å². The highest BCUT2D eigenvalue weighted by molar-refractivity contribution is 6.33. The highest BCUT2D eigenvalue weighted by Crippen LogP contribution is 2.37. The Morgan fingerprint density at radius 3 is 2.41 bits per heavy atom. The molecule has 0 aliphatic heterocycles. The van der Waals surface area contributed by atoms with Crippen LogP contribution in [0.1, 0.15) is 22.5 Å². The minimum absolute atomic E-state index is 0.0370. The SMILES string of the molecule is O=Cc1ncc(OC(F)(F)F)c(Cl)c1C(F)F. The molecule has 0 aliphatic carbocycles. The third-order valence-corrected chi connectivity index (χ3v) is 2.00. The number of rotatable bonds is 3. The number of aldehydes is 1. The summed E-state index contributed by atoms with van der Waals surface area (Å²) in [4.78, 5) is 13.5. The van der Waals surface area contributed by atoms with Gasteiger partial charge in [-0.05, 0) is 0 Å². The summed E-state index contributed by atoms with van der Waals surface area (Å²) in [6, 6.07) is 0. The fourth-order valence-electron chi connectivity index (χ4n) is 0.997. The molecule has 0 atom stereocenters. The van der Waals surface area contributed by atoms with Gasteiger partial charge in [-0.1, -0.05) is 11.6 Å². The third-order valence-electron chi connectivity index (χ3n) is 1.61. The van der Waals surface area contributed by atoms with Crippen LogP contribution in [0.4, 0.5) is 22.0 Å². The summed E-state index contributed by atoms with van der Waals surface area (Å²) >= 11 is 5.29. The van der Waals surface area contributed by atoms with E-state index in [4.69, 9.17) is 11.6 Å². The van der Waals surface area contributed by atoms with Crippen molar-refractivity contribution in [2.45, 2.75) is 12.8 Å². The molecule has 0 unspecified atom stereocenters. The molecule has 0 N–H and O–H groups in total. The standard InChI is InChI=1S/C8H3ClF5NO2/c9-6-4(17-8(12,13)14)1-15-3(2-16)5(6)7(10)11/h1-2,7H. The lowest BCUT2D eigenvalue weighted by Gasteiger charge is -2.13. The number of carbonyl (C=O) groups is 1. The zero-order chi connectivity index (χ0) is 13.2. The largest absolute Gasteiger partial charge is 0.573 e. The molecule has 1 heterocycles. The first-order valence-electron chi connectivity index (χ1n) is 3.93. The van der Waals surface area contributed by atoms with E-state index >= 15 is 0 Å². The lowest BCUT2D eigenvalue weighted by molar-refractivity contribution is -0.274. The highest BCUT2D eigenvalue weighted by Gasteiger charge is 2.34. The Morgan fingerprint density at radius 1 is 1.41 bits per heavy atom. The number of ether oxygens (including phenoxy) is 1. The molecule has 0 saturated carbocycles. The molecular formula is C8H3ClF5NO2. The molecule has 0 radical (unpaired) electrons. The second kappa shape index (κ2) is 4.82. The second-order valence-corrected chi connectivity index (χ2v) is 3.08. The van der Waals surface area contributed by atoms with Crippen molar-refractivity contribution in [3.63, 3.8) is 0 Å². The van der Waals surface area contributed by atoms with Crippen LogP contribution >= 0.6 is 11.6 Å². The van der Waals surface area contributed by atoms with Gasteiger partial charge in [-0.3, -0.25) is 4.79 Å². The minimum atomic E-state index is -5.09. The molecule has 17 heavy (non-hydrogen) atoms. The number of halogens is 6. The van der Waals surface area contributed by atoms with E-state index in [9.17, 15) is 26.7 Å². The average Bonchev–Trinajstić information content (AvgIpc) is 2.18. The van der Waals surface area contributed by atoms with Crippen LogP contribution < -0.4 is 4.74 Å². The quantitative estimate of drug-likeness (QED) is 0.627. The fourth-order valence-corrected chi connectivity index (χ4v) is 1.26. The first kappa shape index (κ1) is 13.6. The lowest BCUT2D eigenvalue weighted by Crippen LogP contribution is -2.18. The van der Waals surface area contributed by atoms with Crippen LogP contribution in [0.5, 0.6) is 5.75 Å². The maximum Gasteiger partial charge on any atom is 0.573 e. The minimum Gasteiger partial charge on any atom is -0.403 e. The van der Waals surface area contributed by atoms with Gasteiger partial charge in [0.15, 0.2) is 12.0 Å². The van der Waals surface area contributed by atoms with Crippen LogP contribution in [0.25, 0.3) is 0 Å². The molecule has 0 fully saturated rings. The molecule has 1 aromatic heterocycles. The predicted octanol–water partition coefficient (Wildman–Crippen LogP) is 3.38. The van der Waals surface area contributed by atoms with Gasteiger partial charge >= 0.3 is 6.36 Å². The Morgan fingerprint density at radius 2 is 2.00 bits per heavy atom. The van der Waals surface area contributed by atoms with E-state index in [0.717, 1.165) is 0 Å². The molecule has 1 aromatic rings. The smallest absolute Gasteiger partial charge is 0.403 e. The van der Waals surface area contributed by atoms with Gasteiger partial charge in [0.2, 0.25) is 0 Å². The third kappa shape index (κ3) is 3.26. The van der Waals surface area contributed by atoms with Crippen LogP contribution in [0.15, 0.2) is 6.20 Å². The van der Waals surface area contributed by atoms with E-state index in [0.29, 0.717) is 6.20 Å². The second-order valence-electron chi connectivity index (χ2n) is 2.70. The topological polar surface area (TPSA) is 39.2 Å². The van der Waals surface area contributed by atoms with E-state index in [1.54, 1.807) is 0 Å². The fraction of sp³-hybridized carbons (Fsp3) is 0.250. The number of nitrogens with zero attached hydrogens (tertiary/aromatic N) is 1. The number of alkyl halides is 5. The van der Waals surface area contributed by atoms with Crippen molar-refractivity contribution >= 4 is 17.9 Å². The van der Waals surface area contributed by atoms with Gasteiger partial charge in [-0.15, -0.1) is 13.2 Å². The zero-order valence-corrected chi connectivity index (χ0v) is 8.52. The molecule has 0 aliphatic rings. The molecule has 0 saturated heterocycles. The van der Waals surface area contributed by atoms with Crippen molar-refractivity contribution in [3.05, 3.63) is 22.5 Å². The van der Waals surface area contributed by atoms with Crippen LogP contribution in [0, 0.1) is 0 Å².